The molecule has 0 saturated carbocycles. The second-order valence-corrected chi connectivity index (χ2v) is 6.50. The number of halogens is 2. The van der Waals surface area contributed by atoms with Crippen molar-refractivity contribution in [3.63, 3.8) is 0 Å². The minimum absolute atomic E-state index is 0. The van der Waals surface area contributed by atoms with Crippen molar-refractivity contribution in [3.8, 4) is 0 Å². The molecule has 0 aromatic heterocycles. The molecule has 0 aliphatic carbocycles. The summed E-state index contributed by atoms with van der Waals surface area (Å²) >= 11 is 0. The lowest BCUT2D eigenvalue weighted by Gasteiger charge is -2.36. The van der Waals surface area contributed by atoms with Crippen LogP contribution in [0.1, 0.15) is 25.7 Å². The van der Waals surface area contributed by atoms with E-state index >= 15 is 0 Å². The van der Waals surface area contributed by atoms with Crippen molar-refractivity contribution in [3.05, 3.63) is 0 Å². The van der Waals surface area contributed by atoms with Gasteiger partial charge in [-0.05, 0) is 45.3 Å². The van der Waals surface area contributed by atoms with Crippen LogP contribution >= 0.6 is 24.8 Å². The Bertz CT molecular complexity index is 350. The van der Waals surface area contributed by atoms with Gasteiger partial charge in [-0.2, -0.15) is 0 Å². The van der Waals surface area contributed by atoms with Gasteiger partial charge in [-0.1, -0.05) is 0 Å². The molecule has 6 nitrogen and oxygen atoms in total. The van der Waals surface area contributed by atoms with Gasteiger partial charge in [0.1, 0.15) is 0 Å². The van der Waals surface area contributed by atoms with Crippen LogP contribution in [0.15, 0.2) is 0 Å². The smallest absolute Gasteiger partial charge is 0.228 e. The molecule has 144 valence electrons. The standard InChI is InChI=1S/C16H31N3O3.2ClH/c1-21-11-10-19-9-3-4-14(19)12-18-15(20)16(13-22-2)5-7-17-8-6-16;;/h14,17H,3-13H2,1-2H3,(H,18,20);2*1H. The lowest BCUT2D eigenvalue weighted by Crippen LogP contribution is -2.52. The molecule has 0 bridgehead atoms. The topological polar surface area (TPSA) is 62.8 Å². The number of hydrogen-bond donors (Lipinski definition) is 2. The van der Waals surface area contributed by atoms with E-state index in [4.69, 9.17) is 9.47 Å². The van der Waals surface area contributed by atoms with Gasteiger partial charge in [-0.3, -0.25) is 9.69 Å². The summed E-state index contributed by atoms with van der Waals surface area (Å²) in [4.78, 5) is 15.2. The second-order valence-electron chi connectivity index (χ2n) is 6.50. The first-order chi connectivity index (χ1) is 10.7. The Kier molecular flexibility index (Phi) is 12.2. The largest absolute Gasteiger partial charge is 0.384 e. The number of nitrogens with zero attached hydrogens (tertiary/aromatic N) is 1. The quantitative estimate of drug-likeness (QED) is 0.654. The Balaban J connectivity index is 0.00000264. The van der Waals surface area contributed by atoms with E-state index in [2.05, 4.69) is 15.5 Å². The number of hydrogen-bond acceptors (Lipinski definition) is 5. The molecule has 2 heterocycles. The zero-order valence-corrected chi connectivity index (χ0v) is 16.5. The van der Waals surface area contributed by atoms with E-state index in [0.717, 1.165) is 58.6 Å². The van der Waals surface area contributed by atoms with Gasteiger partial charge >= 0.3 is 0 Å². The molecule has 2 aliphatic heterocycles. The van der Waals surface area contributed by atoms with Crippen molar-refractivity contribution >= 4 is 30.7 Å². The van der Waals surface area contributed by atoms with E-state index in [-0.39, 0.29) is 36.1 Å². The Morgan fingerprint density at radius 1 is 1.25 bits per heavy atom. The summed E-state index contributed by atoms with van der Waals surface area (Å²) in [6.45, 7) is 5.84. The molecule has 8 heteroatoms. The number of nitrogens with one attached hydrogen (secondary N) is 2. The normalized spacial score (nSPS) is 23.2. The molecule has 0 spiro atoms. The van der Waals surface area contributed by atoms with Crippen molar-refractivity contribution in [1.82, 2.24) is 15.5 Å². The van der Waals surface area contributed by atoms with E-state index < -0.39 is 0 Å². The Labute approximate surface area is 158 Å². The first kappa shape index (κ1) is 23.9. The summed E-state index contributed by atoms with van der Waals surface area (Å²) in [5.41, 5.74) is -0.351. The first-order valence-electron chi connectivity index (χ1n) is 8.43. The number of carbonyl (C=O) groups excluding carboxylic acids is 1. The SMILES string of the molecule is COCCN1CCCC1CNC(=O)C1(COC)CCNCC1.Cl.Cl. The summed E-state index contributed by atoms with van der Waals surface area (Å²) in [7, 11) is 3.42. The summed E-state index contributed by atoms with van der Waals surface area (Å²) in [5, 5.41) is 6.52. The van der Waals surface area contributed by atoms with Crippen molar-refractivity contribution in [2.75, 3.05) is 60.2 Å². The van der Waals surface area contributed by atoms with Crippen LogP contribution in [0.4, 0.5) is 0 Å². The molecule has 2 aliphatic rings. The highest BCUT2D eigenvalue weighted by atomic mass is 35.5. The molecule has 24 heavy (non-hydrogen) atoms. The fraction of sp³-hybridized carbons (Fsp3) is 0.938. The number of piperidine rings is 1. The first-order valence-corrected chi connectivity index (χ1v) is 8.43. The van der Waals surface area contributed by atoms with Gasteiger partial charge in [0.25, 0.3) is 0 Å². The number of ether oxygens (including phenoxy) is 2. The van der Waals surface area contributed by atoms with Crippen molar-refractivity contribution in [2.45, 2.75) is 31.7 Å². The Morgan fingerprint density at radius 3 is 2.58 bits per heavy atom. The molecule has 1 atom stereocenters. The number of carbonyl (C=O) groups is 1. The zero-order valence-electron chi connectivity index (χ0n) is 14.8. The van der Waals surface area contributed by atoms with Gasteiger partial charge in [0, 0.05) is 33.4 Å². The molecule has 1 amide bonds. The molecule has 2 rings (SSSR count). The third kappa shape index (κ3) is 6.32. The zero-order chi connectivity index (χ0) is 15.8. The monoisotopic (exact) mass is 385 g/mol. The van der Waals surface area contributed by atoms with Gasteiger partial charge < -0.3 is 20.1 Å². The van der Waals surface area contributed by atoms with Crippen LogP contribution in [-0.4, -0.2) is 77.0 Å². The Hall–Kier alpha value is -0.110. The van der Waals surface area contributed by atoms with E-state index in [9.17, 15) is 4.79 Å². The molecule has 2 N–H and O–H groups in total. The van der Waals surface area contributed by atoms with Crippen molar-refractivity contribution in [2.24, 2.45) is 5.41 Å². The predicted molar refractivity (Wildman–Crippen MR) is 100 cm³/mol. The maximum absolute atomic E-state index is 12.7. The average Bonchev–Trinajstić information content (AvgIpc) is 2.99. The van der Waals surface area contributed by atoms with E-state index in [1.54, 1.807) is 14.2 Å². The van der Waals surface area contributed by atoms with Crippen LogP contribution in [0.3, 0.4) is 0 Å². The van der Waals surface area contributed by atoms with Crippen LogP contribution in [0.5, 0.6) is 0 Å². The van der Waals surface area contributed by atoms with E-state index in [1.807, 2.05) is 0 Å². The predicted octanol–water partition coefficient (Wildman–Crippen LogP) is 1.07. The summed E-state index contributed by atoms with van der Waals surface area (Å²) < 4.78 is 10.5. The second kappa shape index (κ2) is 12.3. The highest BCUT2D eigenvalue weighted by molar-refractivity contribution is 5.85. The summed E-state index contributed by atoms with van der Waals surface area (Å²) in [5.74, 6) is 0.162. The summed E-state index contributed by atoms with van der Waals surface area (Å²) in [6, 6.07) is 0.445. The fourth-order valence-electron chi connectivity index (χ4n) is 3.65. The third-order valence-electron chi connectivity index (χ3n) is 5.04. The molecule has 0 aromatic carbocycles. The fourth-order valence-corrected chi connectivity index (χ4v) is 3.65. The highest BCUT2D eigenvalue weighted by Crippen LogP contribution is 2.29. The van der Waals surface area contributed by atoms with E-state index in [0.29, 0.717) is 12.6 Å². The van der Waals surface area contributed by atoms with Gasteiger partial charge in [0.2, 0.25) is 5.91 Å². The van der Waals surface area contributed by atoms with E-state index in [1.165, 1.54) is 6.42 Å². The molecule has 1 unspecified atom stereocenters. The number of amides is 1. The van der Waals surface area contributed by atoms with Crippen molar-refractivity contribution in [1.29, 1.82) is 0 Å². The van der Waals surface area contributed by atoms with Crippen LogP contribution in [-0.2, 0) is 14.3 Å². The lowest BCUT2D eigenvalue weighted by molar-refractivity contribution is -0.136. The maximum atomic E-state index is 12.7. The molecular weight excluding hydrogens is 353 g/mol. The summed E-state index contributed by atoms with van der Waals surface area (Å²) in [6.07, 6.45) is 4.07. The molecule has 0 aromatic rings. The third-order valence-corrected chi connectivity index (χ3v) is 5.04. The van der Waals surface area contributed by atoms with Gasteiger partial charge in [-0.25, -0.2) is 0 Å². The van der Waals surface area contributed by atoms with Crippen LogP contribution in [0.25, 0.3) is 0 Å². The molecule has 2 fully saturated rings. The molecule has 0 radical (unpaired) electrons. The van der Waals surface area contributed by atoms with Crippen LogP contribution < -0.4 is 10.6 Å². The Morgan fingerprint density at radius 2 is 1.96 bits per heavy atom. The van der Waals surface area contributed by atoms with Crippen LogP contribution in [0, 0.1) is 5.41 Å². The minimum atomic E-state index is -0.351. The number of likely N-dealkylation sites (tertiary alicyclic amines) is 1. The lowest BCUT2D eigenvalue weighted by atomic mass is 9.78. The molecule has 2 saturated heterocycles. The van der Waals surface area contributed by atoms with Gasteiger partial charge in [0.15, 0.2) is 0 Å². The highest BCUT2D eigenvalue weighted by Gasteiger charge is 2.40. The number of rotatable bonds is 8. The average molecular weight is 386 g/mol. The minimum Gasteiger partial charge on any atom is -0.384 e. The van der Waals surface area contributed by atoms with Crippen LogP contribution in [0.2, 0.25) is 0 Å². The van der Waals surface area contributed by atoms with Gasteiger partial charge in [-0.15, -0.1) is 24.8 Å². The van der Waals surface area contributed by atoms with Crippen molar-refractivity contribution < 1.29 is 14.3 Å². The number of methoxy groups -OCH3 is 2. The maximum Gasteiger partial charge on any atom is 0.228 e. The van der Waals surface area contributed by atoms with Gasteiger partial charge in [0.05, 0.1) is 18.6 Å². The molecular formula is C16H33Cl2N3O3.